The molecule has 0 radical (unpaired) electrons. The van der Waals surface area contributed by atoms with E-state index in [0.29, 0.717) is 23.8 Å². The van der Waals surface area contributed by atoms with Crippen molar-refractivity contribution in [3.63, 3.8) is 0 Å². The number of nitrogens with one attached hydrogen (secondary N) is 1. The minimum Gasteiger partial charge on any atom is -0.384 e. The van der Waals surface area contributed by atoms with E-state index in [4.69, 9.17) is 11.6 Å². The third kappa shape index (κ3) is 1.92. The lowest BCUT2D eigenvalue weighted by atomic mass is 9.95. The molecule has 0 saturated heterocycles. The number of aryl methyl sites for hydroxylation is 1. The number of anilines is 1. The van der Waals surface area contributed by atoms with Gasteiger partial charge < -0.3 is 5.32 Å². The van der Waals surface area contributed by atoms with Crippen LogP contribution in [0.25, 0.3) is 0 Å². The fraction of sp³-hybridized carbons (Fsp3) is 0.286. The fourth-order valence-electron chi connectivity index (χ4n) is 2.53. The highest BCUT2D eigenvalue weighted by molar-refractivity contribution is 6.33. The smallest absolute Gasteiger partial charge is 0.191 e. The Hall–Kier alpha value is -1.81. The average molecular weight is 276 g/mol. The van der Waals surface area contributed by atoms with Crippen LogP contribution >= 0.6 is 11.6 Å². The van der Waals surface area contributed by atoms with Gasteiger partial charge in [0.2, 0.25) is 0 Å². The van der Waals surface area contributed by atoms with Crippen molar-refractivity contribution in [3.8, 4) is 0 Å². The molecule has 2 aromatic rings. The third-order valence-corrected chi connectivity index (χ3v) is 3.75. The maximum atomic E-state index is 12.7. The molecule has 1 aromatic carbocycles. The Balaban J connectivity index is 2.00. The molecule has 1 aromatic heterocycles. The van der Waals surface area contributed by atoms with Crippen LogP contribution in [0, 0.1) is 0 Å². The quantitative estimate of drug-likeness (QED) is 0.876. The maximum absolute atomic E-state index is 12.7. The highest BCUT2D eigenvalue weighted by Crippen LogP contribution is 2.34. The summed E-state index contributed by atoms with van der Waals surface area (Å²) in [7, 11) is 0. The first-order valence-electron chi connectivity index (χ1n) is 6.30. The second kappa shape index (κ2) is 4.70. The van der Waals surface area contributed by atoms with Crippen LogP contribution in [0.3, 0.4) is 0 Å². The number of halogens is 1. The number of nitrogens with zero attached hydrogens (tertiary/aromatic N) is 2. The second-order valence-electron chi connectivity index (χ2n) is 4.54. The molecule has 0 bridgehead atoms. The lowest BCUT2D eigenvalue weighted by Crippen LogP contribution is -2.19. The van der Waals surface area contributed by atoms with Gasteiger partial charge in [-0.25, -0.2) is 0 Å². The van der Waals surface area contributed by atoms with E-state index in [0.717, 1.165) is 11.3 Å². The van der Waals surface area contributed by atoms with Gasteiger partial charge in [0.15, 0.2) is 5.78 Å². The lowest BCUT2D eigenvalue weighted by Gasteiger charge is -2.10. The molecule has 1 aliphatic rings. The summed E-state index contributed by atoms with van der Waals surface area (Å²) in [6.45, 7) is 3.19. The SMILES string of the molecule is CCn1ncc(Cl)c1C(=O)C1CNc2ccccc21. The third-order valence-electron chi connectivity index (χ3n) is 3.48. The molecular weight excluding hydrogens is 262 g/mol. The van der Waals surface area contributed by atoms with Gasteiger partial charge in [-0.05, 0) is 18.6 Å². The first-order valence-corrected chi connectivity index (χ1v) is 6.68. The first-order chi connectivity index (χ1) is 9.22. The Morgan fingerprint density at radius 2 is 2.32 bits per heavy atom. The van der Waals surface area contributed by atoms with E-state index in [9.17, 15) is 4.79 Å². The molecule has 5 heteroatoms. The number of benzene rings is 1. The molecule has 1 aliphatic heterocycles. The van der Waals surface area contributed by atoms with Crippen LogP contribution in [0.15, 0.2) is 30.5 Å². The normalized spacial score (nSPS) is 17.1. The molecule has 0 amide bonds. The number of carbonyl (C=O) groups excluding carboxylic acids is 1. The van der Waals surface area contributed by atoms with Gasteiger partial charge in [-0.1, -0.05) is 29.8 Å². The Morgan fingerprint density at radius 3 is 3.11 bits per heavy atom. The van der Waals surface area contributed by atoms with Crippen molar-refractivity contribution < 1.29 is 4.79 Å². The summed E-state index contributed by atoms with van der Waals surface area (Å²) in [6.07, 6.45) is 1.53. The summed E-state index contributed by atoms with van der Waals surface area (Å²) in [4.78, 5) is 12.7. The molecule has 0 fully saturated rings. The fourth-order valence-corrected chi connectivity index (χ4v) is 2.76. The second-order valence-corrected chi connectivity index (χ2v) is 4.95. The zero-order valence-electron chi connectivity index (χ0n) is 10.6. The van der Waals surface area contributed by atoms with Crippen LogP contribution < -0.4 is 5.32 Å². The number of ketones is 1. The van der Waals surface area contributed by atoms with Crippen molar-refractivity contribution in [1.82, 2.24) is 9.78 Å². The number of para-hydroxylation sites is 1. The summed E-state index contributed by atoms with van der Waals surface area (Å²) < 4.78 is 1.66. The van der Waals surface area contributed by atoms with Crippen LogP contribution in [0.5, 0.6) is 0 Å². The molecule has 0 spiro atoms. The zero-order valence-corrected chi connectivity index (χ0v) is 11.3. The number of carbonyl (C=O) groups is 1. The zero-order chi connectivity index (χ0) is 13.4. The molecule has 1 N–H and O–H groups in total. The largest absolute Gasteiger partial charge is 0.384 e. The van der Waals surface area contributed by atoms with E-state index >= 15 is 0 Å². The molecule has 4 nitrogen and oxygen atoms in total. The van der Waals surface area contributed by atoms with Crippen molar-refractivity contribution in [2.24, 2.45) is 0 Å². The van der Waals surface area contributed by atoms with Crippen LogP contribution in [-0.2, 0) is 6.54 Å². The van der Waals surface area contributed by atoms with Crippen LogP contribution in [0.2, 0.25) is 5.02 Å². The molecule has 0 saturated carbocycles. The van der Waals surface area contributed by atoms with Gasteiger partial charge in [0.05, 0.1) is 17.1 Å². The van der Waals surface area contributed by atoms with E-state index in [1.807, 2.05) is 31.2 Å². The lowest BCUT2D eigenvalue weighted by molar-refractivity contribution is 0.0956. The number of fused-ring (bicyclic) bond motifs is 1. The number of rotatable bonds is 3. The summed E-state index contributed by atoms with van der Waals surface area (Å²) in [6, 6.07) is 7.88. The molecule has 19 heavy (non-hydrogen) atoms. The summed E-state index contributed by atoms with van der Waals surface area (Å²) >= 11 is 6.10. The van der Waals surface area contributed by atoms with Crippen molar-refractivity contribution in [3.05, 3.63) is 46.7 Å². The van der Waals surface area contributed by atoms with Gasteiger partial charge in [-0.3, -0.25) is 9.48 Å². The topological polar surface area (TPSA) is 46.9 Å². The van der Waals surface area contributed by atoms with E-state index in [-0.39, 0.29) is 11.7 Å². The summed E-state index contributed by atoms with van der Waals surface area (Å²) in [5.41, 5.74) is 2.57. The van der Waals surface area contributed by atoms with Gasteiger partial charge in [0, 0.05) is 18.8 Å². The molecule has 1 unspecified atom stereocenters. The van der Waals surface area contributed by atoms with E-state index < -0.39 is 0 Å². The van der Waals surface area contributed by atoms with E-state index in [1.165, 1.54) is 6.20 Å². The van der Waals surface area contributed by atoms with Crippen molar-refractivity contribution in [2.75, 3.05) is 11.9 Å². The minimum atomic E-state index is -0.185. The number of hydrogen-bond acceptors (Lipinski definition) is 3. The van der Waals surface area contributed by atoms with Gasteiger partial charge in [0.1, 0.15) is 5.69 Å². The van der Waals surface area contributed by atoms with Gasteiger partial charge in [0.25, 0.3) is 0 Å². The highest BCUT2D eigenvalue weighted by Gasteiger charge is 2.32. The van der Waals surface area contributed by atoms with Gasteiger partial charge in [-0.15, -0.1) is 0 Å². The number of aromatic nitrogens is 2. The molecule has 3 rings (SSSR count). The summed E-state index contributed by atoms with van der Waals surface area (Å²) in [5, 5.41) is 7.81. The maximum Gasteiger partial charge on any atom is 0.191 e. The molecule has 1 atom stereocenters. The molecule has 0 aliphatic carbocycles. The van der Waals surface area contributed by atoms with Crippen LogP contribution in [0.1, 0.15) is 28.9 Å². The Labute approximate surface area is 116 Å². The molecular formula is C14H14ClN3O. The molecule has 98 valence electrons. The predicted molar refractivity (Wildman–Crippen MR) is 74.9 cm³/mol. The van der Waals surface area contributed by atoms with E-state index in [2.05, 4.69) is 10.4 Å². The Kier molecular flexibility index (Phi) is 3.03. The highest BCUT2D eigenvalue weighted by atomic mass is 35.5. The van der Waals surface area contributed by atoms with Crippen molar-refractivity contribution in [2.45, 2.75) is 19.4 Å². The average Bonchev–Trinajstić information content (AvgIpc) is 3.01. The minimum absolute atomic E-state index is 0.0294. The van der Waals surface area contributed by atoms with Crippen LogP contribution in [-0.4, -0.2) is 22.1 Å². The number of Topliss-reactive ketones (excluding diaryl/α,β-unsaturated/α-hetero) is 1. The van der Waals surface area contributed by atoms with E-state index in [1.54, 1.807) is 4.68 Å². The van der Waals surface area contributed by atoms with Crippen LogP contribution in [0.4, 0.5) is 5.69 Å². The Morgan fingerprint density at radius 1 is 1.53 bits per heavy atom. The Bertz CT molecular complexity index is 635. The molecule has 2 heterocycles. The standard InChI is InChI=1S/C14H14ClN3O/c1-2-18-13(11(15)8-17-18)14(19)10-7-16-12-6-4-3-5-9(10)12/h3-6,8,10,16H,2,7H2,1H3. The summed E-state index contributed by atoms with van der Waals surface area (Å²) in [5.74, 6) is -0.155. The predicted octanol–water partition coefficient (Wildman–Crippen LogP) is 2.95. The first kappa shape index (κ1) is 12.2. The monoisotopic (exact) mass is 275 g/mol. The van der Waals surface area contributed by atoms with Crippen molar-refractivity contribution >= 4 is 23.1 Å². The van der Waals surface area contributed by atoms with Gasteiger partial charge >= 0.3 is 0 Å². The number of hydrogen-bond donors (Lipinski definition) is 1. The van der Waals surface area contributed by atoms with Gasteiger partial charge in [-0.2, -0.15) is 5.10 Å². The van der Waals surface area contributed by atoms with Crippen molar-refractivity contribution in [1.29, 1.82) is 0 Å².